The Labute approximate surface area is 105 Å². The van der Waals surface area contributed by atoms with E-state index in [2.05, 4.69) is 17.6 Å². The van der Waals surface area contributed by atoms with Crippen LogP contribution in [0.5, 0.6) is 0 Å². The number of unbranched alkanes of at least 4 members (excludes halogenated alkanes) is 4. The van der Waals surface area contributed by atoms with Gasteiger partial charge >= 0.3 is 0 Å². The topological polar surface area (TPSA) is 58.2 Å². The fourth-order valence-corrected chi connectivity index (χ4v) is 1.56. The summed E-state index contributed by atoms with van der Waals surface area (Å²) in [6.07, 6.45) is 7.32. The number of carbonyl (C=O) groups excluding carboxylic acids is 2. The molecular weight excluding hydrogens is 216 g/mol. The zero-order chi connectivity index (χ0) is 12.9. The average Bonchev–Trinajstić information content (AvgIpc) is 2.34. The third kappa shape index (κ3) is 11.2. The van der Waals surface area contributed by atoms with Gasteiger partial charge in [0, 0.05) is 26.4 Å². The molecule has 0 aliphatic heterocycles. The van der Waals surface area contributed by atoms with Gasteiger partial charge in [0.2, 0.25) is 11.8 Å². The molecule has 0 aromatic carbocycles. The summed E-state index contributed by atoms with van der Waals surface area (Å²) in [6, 6.07) is 0. The lowest BCUT2D eigenvalue weighted by atomic mass is 10.1. The van der Waals surface area contributed by atoms with E-state index in [1.165, 1.54) is 19.3 Å². The smallest absolute Gasteiger partial charge is 0.219 e. The van der Waals surface area contributed by atoms with Gasteiger partial charge in [0.15, 0.2) is 0 Å². The van der Waals surface area contributed by atoms with Gasteiger partial charge in [-0.3, -0.25) is 9.59 Å². The van der Waals surface area contributed by atoms with E-state index >= 15 is 0 Å². The summed E-state index contributed by atoms with van der Waals surface area (Å²) in [5.41, 5.74) is 0. The Morgan fingerprint density at radius 1 is 0.882 bits per heavy atom. The van der Waals surface area contributed by atoms with Crippen molar-refractivity contribution in [1.82, 2.24) is 10.6 Å². The largest absolute Gasteiger partial charge is 0.359 e. The summed E-state index contributed by atoms with van der Waals surface area (Å²) in [7, 11) is 1.63. The van der Waals surface area contributed by atoms with Crippen LogP contribution in [0.4, 0.5) is 0 Å². The minimum atomic E-state index is 0.0463. The summed E-state index contributed by atoms with van der Waals surface area (Å²) in [5, 5.41) is 5.47. The lowest BCUT2D eigenvalue weighted by molar-refractivity contribution is -0.122. The molecule has 0 aromatic heterocycles. The summed E-state index contributed by atoms with van der Waals surface area (Å²) >= 11 is 0. The Morgan fingerprint density at radius 2 is 1.53 bits per heavy atom. The maximum absolute atomic E-state index is 11.4. The van der Waals surface area contributed by atoms with E-state index in [0.29, 0.717) is 12.8 Å². The molecule has 0 saturated carbocycles. The van der Waals surface area contributed by atoms with Gasteiger partial charge in [-0.25, -0.2) is 0 Å². The quantitative estimate of drug-likeness (QED) is 0.576. The van der Waals surface area contributed by atoms with Gasteiger partial charge in [-0.1, -0.05) is 26.2 Å². The van der Waals surface area contributed by atoms with E-state index < -0.39 is 0 Å². The van der Waals surface area contributed by atoms with Gasteiger partial charge in [0.1, 0.15) is 0 Å². The molecule has 2 N–H and O–H groups in total. The minimum absolute atomic E-state index is 0.0463. The number of rotatable bonds is 10. The van der Waals surface area contributed by atoms with Crippen molar-refractivity contribution in [3.8, 4) is 0 Å². The van der Waals surface area contributed by atoms with E-state index in [4.69, 9.17) is 0 Å². The van der Waals surface area contributed by atoms with Crippen LogP contribution in [0.3, 0.4) is 0 Å². The Bertz CT molecular complexity index is 217. The monoisotopic (exact) mass is 242 g/mol. The molecule has 0 spiro atoms. The zero-order valence-corrected chi connectivity index (χ0v) is 11.2. The number of hydrogen-bond donors (Lipinski definition) is 2. The molecule has 0 atom stereocenters. The van der Waals surface area contributed by atoms with E-state index in [1.807, 2.05) is 0 Å². The Morgan fingerprint density at radius 3 is 2.12 bits per heavy atom. The lowest BCUT2D eigenvalue weighted by Gasteiger charge is -2.04. The summed E-state index contributed by atoms with van der Waals surface area (Å²) in [6.45, 7) is 2.96. The van der Waals surface area contributed by atoms with Crippen molar-refractivity contribution in [2.45, 2.75) is 58.3 Å². The first-order chi connectivity index (χ1) is 8.20. The highest BCUT2D eigenvalue weighted by Crippen LogP contribution is 2.00. The molecule has 0 bridgehead atoms. The van der Waals surface area contributed by atoms with Crippen LogP contribution >= 0.6 is 0 Å². The molecule has 0 heterocycles. The van der Waals surface area contributed by atoms with E-state index in [9.17, 15) is 9.59 Å². The summed E-state index contributed by atoms with van der Waals surface area (Å²) < 4.78 is 0. The molecular formula is C13H26N2O2. The highest BCUT2D eigenvalue weighted by Gasteiger charge is 2.02. The predicted octanol–water partition coefficient (Wildman–Crippen LogP) is 1.99. The highest BCUT2D eigenvalue weighted by atomic mass is 16.2. The van der Waals surface area contributed by atoms with Crippen LogP contribution in [0.15, 0.2) is 0 Å². The van der Waals surface area contributed by atoms with Gasteiger partial charge in [0.25, 0.3) is 0 Å². The maximum atomic E-state index is 11.4. The van der Waals surface area contributed by atoms with Crippen LogP contribution in [0.2, 0.25) is 0 Å². The molecule has 0 saturated heterocycles. The minimum Gasteiger partial charge on any atom is -0.359 e. The average molecular weight is 242 g/mol. The van der Waals surface area contributed by atoms with Gasteiger partial charge in [0.05, 0.1) is 0 Å². The third-order valence-corrected chi connectivity index (χ3v) is 2.69. The summed E-state index contributed by atoms with van der Waals surface area (Å²) in [4.78, 5) is 22.3. The normalized spacial score (nSPS) is 10.0. The second kappa shape index (κ2) is 11.4. The first-order valence-corrected chi connectivity index (χ1v) is 6.68. The lowest BCUT2D eigenvalue weighted by Crippen LogP contribution is -2.24. The number of nitrogens with one attached hydrogen (secondary N) is 2. The number of hydrogen-bond acceptors (Lipinski definition) is 2. The van der Waals surface area contributed by atoms with Crippen molar-refractivity contribution in [2.24, 2.45) is 0 Å². The van der Waals surface area contributed by atoms with Crippen LogP contribution < -0.4 is 10.6 Å². The van der Waals surface area contributed by atoms with Crippen molar-refractivity contribution in [3.05, 3.63) is 0 Å². The van der Waals surface area contributed by atoms with Gasteiger partial charge < -0.3 is 10.6 Å². The van der Waals surface area contributed by atoms with Crippen molar-refractivity contribution in [3.63, 3.8) is 0 Å². The van der Waals surface area contributed by atoms with Crippen molar-refractivity contribution in [1.29, 1.82) is 0 Å². The highest BCUT2D eigenvalue weighted by molar-refractivity contribution is 5.76. The van der Waals surface area contributed by atoms with Gasteiger partial charge in [-0.15, -0.1) is 0 Å². The zero-order valence-electron chi connectivity index (χ0n) is 11.2. The van der Waals surface area contributed by atoms with E-state index in [-0.39, 0.29) is 11.8 Å². The number of carbonyl (C=O) groups is 2. The molecule has 2 amide bonds. The molecule has 0 rings (SSSR count). The third-order valence-electron chi connectivity index (χ3n) is 2.69. The van der Waals surface area contributed by atoms with Crippen LogP contribution in [-0.2, 0) is 9.59 Å². The van der Waals surface area contributed by atoms with Gasteiger partial charge in [-0.05, 0) is 19.3 Å². The number of amides is 2. The van der Waals surface area contributed by atoms with Crippen LogP contribution in [0.1, 0.15) is 58.3 Å². The first-order valence-electron chi connectivity index (χ1n) is 6.68. The van der Waals surface area contributed by atoms with Crippen molar-refractivity contribution < 1.29 is 9.59 Å². The molecule has 0 aliphatic rings. The molecule has 0 radical (unpaired) electrons. The van der Waals surface area contributed by atoms with Crippen molar-refractivity contribution in [2.75, 3.05) is 13.6 Å². The molecule has 4 nitrogen and oxygen atoms in total. The predicted molar refractivity (Wildman–Crippen MR) is 69.7 cm³/mol. The maximum Gasteiger partial charge on any atom is 0.219 e. The molecule has 0 aliphatic carbocycles. The van der Waals surface area contributed by atoms with Crippen LogP contribution in [0, 0.1) is 0 Å². The Hall–Kier alpha value is -1.06. The molecule has 17 heavy (non-hydrogen) atoms. The molecule has 100 valence electrons. The first kappa shape index (κ1) is 15.9. The van der Waals surface area contributed by atoms with E-state index in [1.54, 1.807) is 7.05 Å². The molecule has 0 aromatic rings. The Balaban J connectivity index is 3.26. The SMILES string of the molecule is CCCCCCNC(=O)CCCCC(=O)NC. The van der Waals surface area contributed by atoms with Gasteiger partial charge in [-0.2, -0.15) is 0 Å². The second-order valence-corrected chi connectivity index (χ2v) is 4.29. The standard InChI is InChI=1S/C13H26N2O2/c1-3-4-5-8-11-15-13(17)10-7-6-9-12(16)14-2/h3-11H2,1-2H3,(H,14,16)(H,15,17). The summed E-state index contributed by atoms with van der Waals surface area (Å²) in [5.74, 6) is 0.156. The second-order valence-electron chi connectivity index (χ2n) is 4.29. The van der Waals surface area contributed by atoms with Crippen molar-refractivity contribution >= 4 is 11.8 Å². The fraction of sp³-hybridized carbons (Fsp3) is 0.846. The molecule has 0 fully saturated rings. The molecule has 4 heteroatoms. The van der Waals surface area contributed by atoms with Crippen LogP contribution in [-0.4, -0.2) is 25.4 Å². The molecule has 0 unspecified atom stereocenters. The Kier molecular flexibility index (Phi) is 10.7. The van der Waals surface area contributed by atoms with E-state index in [0.717, 1.165) is 25.8 Å². The van der Waals surface area contributed by atoms with Crippen LogP contribution in [0.25, 0.3) is 0 Å². The fourth-order valence-electron chi connectivity index (χ4n) is 1.56.